The third-order valence-electron chi connectivity index (χ3n) is 5.36. The van der Waals surface area contributed by atoms with Crippen LogP contribution in [0.1, 0.15) is 58.1 Å². The van der Waals surface area contributed by atoms with Crippen LogP contribution >= 0.6 is 0 Å². The maximum absolute atomic E-state index is 13.1. The number of hydrogen-bond donors (Lipinski definition) is 1. The van der Waals surface area contributed by atoms with Gasteiger partial charge >= 0.3 is 11.9 Å². The zero-order chi connectivity index (χ0) is 22.6. The average molecular weight is 419 g/mol. The molecule has 6 nitrogen and oxygen atoms in total. The van der Waals surface area contributed by atoms with Gasteiger partial charge in [-0.05, 0) is 31.2 Å². The van der Waals surface area contributed by atoms with Gasteiger partial charge in [-0.3, -0.25) is 14.4 Å². The Morgan fingerprint density at radius 3 is 2.03 bits per heavy atom. The Kier molecular flexibility index (Phi) is 7.81. The number of aryl methyl sites for hydroxylation is 1. The lowest BCUT2D eigenvalue weighted by atomic mass is 9.61. The third kappa shape index (κ3) is 5.69. The van der Waals surface area contributed by atoms with Gasteiger partial charge in [0.1, 0.15) is 5.92 Å². The number of benzene rings is 1. The highest BCUT2D eigenvalue weighted by Crippen LogP contribution is 2.46. The van der Waals surface area contributed by atoms with Crippen LogP contribution in [0.2, 0.25) is 0 Å². The molecule has 0 amide bonds. The number of carbonyl (C=O) groups is 3. The Balaban J connectivity index is 2.51. The van der Waals surface area contributed by atoms with E-state index < -0.39 is 41.1 Å². The summed E-state index contributed by atoms with van der Waals surface area (Å²) in [5.41, 5.74) is 0.00708. The molecule has 2 rings (SSSR count). The molecule has 0 saturated heterocycles. The molecule has 1 N–H and O–H groups in total. The fourth-order valence-electron chi connectivity index (χ4n) is 3.88. The van der Waals surface area contributed by atoms with Gasteiger partial charge in [-0.2, -0.15) is 0 Å². The van der Waals surface area contributed by atoms with E-state index in [1.54, 1.807) is 12.1 Å². The summed E-state index contributed by atoms with van der Waals surface area (Å²) in [6.45, 7) is 11.4. The quantitative estimate of drug-likeness (QED) is 0.539. The molecule has 0 unspecified atom stereocenters. The summed E-state index contributed by atoms with van der Waals surface area (Å²) in [7, 11) is 0. The molecule has 1 aliphatic carbocycles. The van der Waals surface area contributed by atoms with Gasteiger partial charge in [-0.25, -0.2) is 0 Å². The van der Waals surface area contributed by atoms with Crippen molar-refractivity contribution in [3.63, 3.8) is 0 Å². The van der Waals surface area contributed by atoms with Crippen molar-refractivity contribution < 1.29 is 29.0 Å². The first kappa shape index (κ1) is 24.1. The fourth-order valence-corrected chi connectivity index (χ4v) is 3.88. The minimum absolute atomic E-state index is 0.111. The van der Waals surface area contributed by atoms with E-state index in [4.69, 9.17) is 9.47 Å². The van der Waals surface area contributed by atoms with Crippen molar-refractivity contribution in [3.05, 3.63) is 35.4 Å². The van der Waals surface area contributed by atoms with Gasteiger partial charge in [0.25, 0.3) is 0 Å². The number of esters is 2. The zero-order valence-corrected chi connectivity index (χ0v) is 18.8. The Morgan fingerprint density at radius 1 is 1.03 bits per heavy atom. The molecule has 6 heteroatoms. The zero-order valence-electron chi connectivity index (χ0n) is 18.8. The molecule has 4 atom stereocenters. The lowest BCUT2D eigenvalue weighted by molar-refractivity contribution is -0.173. The average Bonchev–Trinajstić information content (AvgIpc) is 2.63. The minimum atomic E-state index is -1.63. The number of ether oxygens (including phenoxy) is 2. The maximum atomic E-state index is 13.1. The van der Waals surface area contributed by atoms with Crippen LogP contribution in [0.5, 0.6) is 0 Å². The Morgan fingerprint density at radius 2 is 1.53 bits per heavy atom. The summed E-state index contributed by atoms with van der Waals surface area (Å²) in [5, 5.41) is 11.1. The lowest BCUT2D eigenvalue weighted by Crippen LogP contribution is -2.55. The number of Topliss-reactive ketones (excluding diaryl/α,β-unsaturated/α-hetero) is 1. The molecule has 30 heavy (non-hydrogen) atoms. The molecular formula is C24H34O6. The molecule has 0 aliphatic heterocycles. The highest BCUT2D eigenvalue weighted by molar-refractivity contribution is 6.02. The van der Waals surface area contributed by atoms with Crippen molar-refractivity contribution in [1.82, 2.24) is 0 Å². The Labute approximate surface area is 179 Å². The highest BCUT2D eigenvalue weighted by Gasteiger charge is 2.57. The van der Waals surface area contributed by atoms with Crippen LogP contribution in [0.15, 0.2) is 24.3 Å². The topological polar surface area (TPSA) is 89.9 Å². The van der Waals surface area contributed by atoms with Gasteiger partial charge in [0, 0.05) is 12.3 Å². The first-order valence-corrected chi connectivity index (χ1v) is 10.6. The van der Waals surface area contributed by atoms with Crippen molar-refractivity contribution in [2.24, 2.45) is 23.7 Å². The van der Waals surface area contributed by atoms with Crippen molar-refractivity contribution in [3.8, 4) is 0 Å². The molecule has 1 aromatic rings. The molecule has 0 bridgehead atoms. The number of ketones is 1. The molecule has 1 saturated carbocycles. The summed E-state index contributed by atoms with van der Waals surface area (Å²) in [5.74, 6) is -4.54. The van der Waals surface area contributed by atoms with Crippen LogP contribution in [-0.2, 0) is 23.9 Å². The predicted octanol–water partition coefficient (Wildman–Crippen LogP) is 3.43. The maximum Gasteiger partial charge on any atom is 0.317 e. The second-order valence-electron chi connectivity index (χ2n) is 9.44. The smallest absolute Gasteiger partial charge is 0.317 e. The molecule has 166 valence electrons. The molecule has 0 aromatic heterocycles. The van der Waals surface area contributed by atoms with Gasteiger partial charge in [0.05, 0.1) is 24.7 Å². The lowest BCUT2D eigenvalue weighted by Gasteiger charge is -2.43. The summed E-state index contributed by atoms with van der Waals surface area (Å²) >= 11 is 0. The Hall–Kier alpha value is -2.21. The van der Waals surface area contributed by atoms with Gasteiger partial charge in [0.2, 0.25) is 0 Å². The van der Waals surface area contributed by atoms with Crippen LogP contribution in [0.3, 0.4) is 0 Å². The molecule has 0 spiro atoms. The second kappa shape index (κ2) is 9.73. The fraction of sp³-hybridized carbons (Fsp3) is 0.625. The van der Waals surface area contributed by atoms with Gasteiger partial charge < -0.3 is 14.6 Å². The predicted molar refractivity (Wildman–Crippen MR) is 113 cm³/mol. The van der Waals surface area contributed by atoms with E-state index in [0.717, 1.165) is 5.56 Å². The molecule has 1 aromatic carbocycles. The second-order valence-corrected chi connectivity index (χ2v) is 9.44. The van der Waals surface area contributed by atoms with Gasteiger partial charge in [-0.15, -0.1) is 0 Å². The number of rotatable bonds is 7. The molecule has 0 heterocycles. The third-order valence-corrected chi connectivity index (χ3v) is 5.36. The number of aliphatic hydroxyl groups is 1. The largest absolute Gasteiger partial charge is 0.465 e. The van der Waals surface area contributed by atoms with E-state index in [9.17, 15) is 19.5 Å². The number of hydrogen-bond acceptors (Lipinski definition) is 6. The van der Waals surface area contributed by atoms with Crippen LogP contribution in [-0.4, -0.2) is 41.6 Å². The summed E-state index contributed by atoms with van der Waals surface area (Å²) < 4.78 is 10.8. The van der Waals surface area contributed by atoms with E-state index in [-0.39, 0.29) is 31.5 Å². The van der Waals surface area contributed by atoms with Crippen molar-refractivity contribution in [2.45, 2.75) is 59.5 Å². The van der Waals surface area contributed by atoms with E-state index in [2.05, 4.69) is 0 Å². The van der Waals surface area contributed by atoms with Crippen LogP contribution in [0, 0.1) is 30.6 Å². The SMILES string of the molecule is Cc1ccc([C@H]2[C@@H](C(=O)OCC(C)C)C(=O)C[C@@](C)(O)[C@@H]2C(=O)OCC(C)C)cc1. The molecular weight excluding hydrogens is 384 g/mol. The van der Waals surface area contributed by atoms with Crippen molar-refractivity contribution in [2.75, 3.05) is 13.2 Å². The normalized spacial score (nSPS) is 26.7. The van der Waals surface area contributed by atoms with Crippen molar-refractivity contribution >= 4 is 17.7 Å². The highest BCUT2D eigenvalue weighted by atomic mass is 16.5. The first-order chi connectivity index (χ1) is 13.9. The summed E-state index contributed by atoms with van der Waals surface area (Å²) in [4.78, 5) is 39.0. The van der Waals surface area contributed by atoms with Crippen LogP contribution in [0.25, 0.3) is 0 Å². The monoisotopic (exact) mass is 418 g/mol. The van der Waals surface area contributed by atoms with E-state index in [1.807, 2.05) is 46.8 Å². The standard InChI is InChI=1S/C24H34O6/c1-14(2)12-29-22(26)20-18(25)11-24(6,28)21(23(27)30-13-15(3)4)19(20)17-9-7-16(5)8-10-17/h7-10,14-15,19-21,28H,11-13H2,1-6H3/t19-,20-,21-,24+/m0/s1. The first-order valence-electron chi connectivity index (χ1n) is 10.6. The van der Waals surface area contributed by atoms with Gasteiger partial charge in [-0.1, -0.05) is 57.5 Å². The van der Waals surface area contributed by atoms with E-state index in [0.29, 0.717) is 5.56 Å². The van der Waals surface area contributed by atoms with E-state index in [1.165, 1.54) is 6.92 Å². The van der Waals surface area contributed by atoms with Crippen molar-refractivity contribution in [1.29, 1.82) is 0 Å². The van der Waals surface area contributed by atoms with Crippen LogP contribution < -0.4 is 0 Å². The van der Waals surface area contributed by atoms with E-state index >= 15 is 0 Å². The Bertz CT molecular complexity index is 762. The van der Waals surface area contributed by atoms with Gasteiger partial charge in [0.15, 0.2) is 5.78 Å². The number of carbonyl (C=O) groups excluding carboxylic acids is 3. The molecule has 0 radical (unpaired) electrons. The summed E-state index contributed by atoms with van der Waals surface area (Å²) in [6, 6.07) is 7.30. The summed E-state index contributed by atoms with van der Waals surface area (Å²) in [6.07, 6.45) is -0.307. The van der Waals surface area contributed by atoms with Crippen LogP contribution in [0.4, 0.5) is 0 Å². The minimum Gasteiger partial charge on any atom is -0.465 e. The molecule has 1 aliphatic rings. The molecule has 1 fully saturated rings.